The maximum absolute atomic E-state index is 12.6. The van der Waals surface area contributed by atoms with Crippen LogP contribution in [0.15, 0.2) is 34.6 Å². The molecule has 0 fully saturated rings. The zero-order chi connectivity index (χ0) is 16.6. The number of benzene rings is 1. The summed E-state index contributed by atoms with van der Waals surface area (Å²) in [4.78, 5) is 13.0. The summed E-state index contributed by atoms with van der Waals surface area (Å²) in [5.74, 6) is -0.293. The maximum atomic E-state index is 12.6. The Morgan fingerprint density at radius 2 is 1.96 bits per heavy atom. The zero-order valence-corrected chi connectivity index (χ0v) is 14.7. The van der Waals surface area contributed by atoms with E-state index in [0.717, 1.165) is 23.3 Å². The molecule has 0 bridgehead atoms. The Labute approximate surface area is 143 Å². The molecule has 3 rings (SSSR count). The fraction of sp³-hybridized carbons (Fsp3) is 0.188. The van der Waals surface area contributed by atoms with Crippen molar-refractivity contribution >= 4 is 50.4 Å². The molecule has 1 amide bonds. The Kier molecular flexibility index (Phi) is 4.31. The molecule has 0 saturated carbocycles. The van der Waals surface area contributed by atoms with Gasteiger partial charge in [0.05, 0.1) is 4.88 Å². The Hall–Kier alpha value is -1.63. The molecule has 1 aliphatic carbocycles. The minimum atomic E-state index is -3.37. The lowest BCUT2D eigenvalue weighted by molar-refractivity contribution is 0.102. The second kappa shape index (κ2) is 6.11. The van der Waals surface area contributed by atoms with E-state index in [1.54, 1.807) is 30.3 Å². The standard InChI is InChI=1S/C16H14ClNO3S2/c1-23(20,21)16-13-5-3-2-4-12(13)14(22-16)15(19)18-11-8-6-10(17)7-9-11/h3,5-9H,2,4H2,1H3,(H,18,19). The number of anilines is 1. The van der Waals surface area contributed by atoms with Crippen LogP contribution < -0.4 is 5.32 Å². The molecule has 0 unspecified atom stereocenters. The molecular formula is C16H14ClNO3S2. The Morgan fingerprint density at radius 3 is 2.61 bits per heavy atom. The van der Waals surface area contributed by atoms with Crippen LogP contribution in [0, 0.1) is 0 Å². The first kappa shape index (κ1) is 16.2. The van der Waals surface area contributed by atoms with Crippen LogP contribution in [0.1, 0.15) is 27.2 Å². The number of carbonyl (C=O) groups is 1. The summed E-state index contributed by atoms with van der Waals surface area (Å²) < 4.78 is 24.2. The number of thiophene rings is 1. The molecule has 7 heteroatoms. The van der Waals surface area contributed by atoms with E-state index >= 15 is 0 Å². The fourth-order valence-corrected chi connectivity index (χ4v) is 5.02. The van der Waals surface area contributed by atoms with Crippen LogP contribution in [0.4, 0.5) is 5.69 Å². The number of hydrogen-bond donors (Lipinski definition) is 1. The number of nitrogens with one attached hydrogen (secondary N) is 1. The second-order valence-electron chi connectivity index (χ2n) is 5.29. The van der Waals surface area contributed by atoms with Crippen molar-refractivity contribution in [2.45, 2.75) is 17.1 Å². The largest absolute Gasteiger partial charge is 0.321 e. The lowest BCUT2D eigenvalue weighted by Gasteiger charge is -2.09. The Morgan fingerprint density at radius 1 is 1.26 bits per heavy atom. The fourth-order valence-electron chi connectivity index (χ4n) is 2.48. The third kappa shape index (κ3) is 3.34. The van der Waals surface area contributed by atoms with E-state index < -0.39 is 9.84 Å². The van der Waals surface area contributed by atoms with E-state index in [-0.39, 0.29) is 10.1 Å². The van der Waals surface area contributed by atoms with E-state index in [9.17, 15) is 13.2 Å². The SMILES string of the molecule is CS(=O)(=O)c1sc(C(=O)Nc2ccc(Cl)cc2)c2c1C=CCC2. The molecule has 2 aromatic rings. The number of carbonyl (C=O) groups excluding carboxylic acids is 1. The zero-order valence-electron chi connectivity index (χ0n) is 12.3. The summed E-state index contributed by atoms with van der Waals surface area (Å²) in [5, 5.41) is 3.38. The van der Waals surface area contributed by atoms with Crippen molar-refractivity contribution < 1.29 is 13.2 Å². The lowest BCUT2D eigenvalue weighted by Crippen LogP contribution is -2.12. The second-order valence-corrected chi connectivity index (χ2v) is 8.95. The number of fused-ring (bicyclic) bond motifs is 1. The first-order valence-electron chi connectivity index (χ1n) is 6.95. The lowest BCUT2D eigenvalue weighted by atomic mass is 9.99. The van der Waals surface area contributed by atoms with Crippen LogP contribution in [0.25, 0.3) is 6.08 Å². The van der Waals surface area contributed by atoms with Crippen molar-refractivity contribution in [2.75, 3.05) is 11.6 Å². The smallest absolute Gasteiger partial charge is 0.266 e. The summed E-state index contributed by atoms with van der Waals surface area (Å²) in [6.45, 7) is 0. The van der Waals surface area contributed by atoms with Gasteiger partial charge in [-0.05, 0) is 42.7 Å². The highest BCUT2D eigenvalue weighted by Gasteiger charge is 2.27. The van der Waals surface area contributed by atoms with Crippen molar-refractivity contribution in [1.82, 2.24) is 0 Å². The number of hydrogen-bond acceptors (Lipinski definition) is 4. The molecule has 0 radical (unpaired) electrons. The van der Waals surface area contributed by atoms with E-state index in [0.29, 0.717) is 27.6 Å². The minimum Gasteiger partial charge on any atom is -0.321 e. The number of halogens is 1. The van der Waals surface area contributed by atoms with E-state index in [2.05, 4.69) is 5.32 Å². The molecular weight excluding hydrogens is 354 g/mol. The third-order valence-electron chi connectivity index (χ3n) is 3.50. The van der Waals surface area contributed by atoms with Crippen molar-refractivity contribution in [3.63, 3.8) is 0 Å². The normalized spacial score (nSPS) is 13.7. The molecule has 0 spiro atoms. The molecule has 1 heterocycles. The average molecular weight is 368 g/mol. The molecule has 4 nitrogen and oxygen atoms in total. The van der Waals surface area contributed by atoms with Crippen molar-refractivity contribution in [3.8, 4) is 0 Å². The predicted octanol–water partition coefficient (Wildman–Crippen LogP) is 4.02. The molecule has 1 N–H and O–H groups in total. The molecule has 0 atom stereocenters. The highest BCUT2D eigenvalue weighted by atomic mass is 35.5. The summed E-state index contributed by atoms with van der Waals surface area (Å²) in [6, 6.07) is 6.78. The van der Waals surface area contributed by atoms with Crippen LogP contribution in [-0.2, 0) is 16.3 Å². The molecule has 0 aliphatic heterocycles. The van der Waals surface area contributed by atoms with Gasteiger partial charge in [0.25, 0.3) is 5.91 Å². The Bertz CT molecular complexity index is 896. The van der Waals surface area contributed by atoms with E-state index in [1.165, 1.54) is 6.26 Å². The molecule has 23 heavy (non-hydrogen) atoms. The summed E-state index contributed by atoms with van der Waals surface area (Å²) in [6.07, 6.45) is 6.37. The van der Waals surface area contributed by atoms with Gasteiger partial charge in [0, 0.05) is 22.5 Å². The molecule has 1 aromatic heterocycles. The monoisotopic (exact) mass is 367 g/mol. The van der Waals surface area contributed by atoms with Crippen LogP contribution in [0.2, 0.25) is 5.02 Å². The first-order valence-corrected chi connectivity index (χ1v) is 10.0. The molecule has 1 aliphatic rings. The average Bonchev–Trinajstić information content (AvgIpc) is 2.89. The van der Waals surface area contributed by atoms with Gasteiger partial charge in [-0.3, -0.25) is 4.79 Å². The minimum absolute atomic E-state index is 0.254. The summed E-state index contributed by atoms with van der Waals surface area (Å²) in [7, 11) is -3.37. The van der Waals surface area contributed by atoms with Crippen molar-refractivity contribution in [1.29, 1.82) is 0 Å². The number of sulfone groups is 1. The Balaban J connectivity index is 1.99. The van der Waals surface area contributed by atoms with Crippen LogP contribution in [-0.4, -0.2) is 20.6 Å². The highest BCUT2D eigenvalue weighted by molar-refractivity contribution is 7.92. The topological polar surface area (TPSA) is 63.2 Å². The van der Waals surface area contributed by atoms with Gasteiger partial charge in [0.15, 0.2) is 9.84 Å². The van der Waals surface area contributed by atoms with E-state index in [1.807, 2.05) is 6.08 Å². The maximum Gasteiger partial charge on any atom is 0.266 e. The highest BCUT2D eigenvalue weighted by Crippen LogP contribution is 2.37. The third-order valence-corrected chi connectivity index (χ3v) is 6.85. The van der Waals surface area contributed by atoms with E-state index in [4.69, 9.17) is 11.6 Å². The van der Waals surface area contributed by atoms with Gasteiger partial charge in [-0.1, -0.05) is 23.8 Å². The quantitative estimate of drug-likeness (QED) is 0.891. The van der Waals surface area contributed by atoms with Gasteiger partial charge in [-0.2, -0.15) is 0 Å². The molecule has 0 saturated heterocycles. The van der Waals surface area contributed by atoms with Crippen LogP contribution in [0.5, 0.6) is 0 Å². The molecule has 120 valence electrons. The summed E-state index contributed by atoms with van der Waals surface area (Å²) >= 11 is 6.86. The number of amides is 1. The first-order chi connectivity index (χ1) is 10.9. The summed E-state index contributed by atoms with van der Waals surface area (Å²) in [5.41, 5.74) is 2.09. The molecule has 1 aromatic carbocycles. The van der Waals surface area contributed by atoms with Crippen molar-refractivity contribution in [2.24, 2.45) is 0 Å². The van der Waals surface area contributed by atoms with Gasteiger partial charge in [0.2, 0.25) is 0 Å². The van der Waals surface area contributed by atoms with Gasteiger partial charge in [0.1, 0.15) is 4.21 Å². The van der Waals surface area contributed by atoms with Crippen LogP contribution in [0.3, 0.4) is 0 Å². The van der Waals surface area contributed by atoms with Crippen molar-refractivity contribution in [3.05, 3.63) is 51.4 Å². The van der Waals surface area contributed by atoms with Gasteiger partial charge < -0.3 is 5.32 Å². The predicted molar refractivity (Wildman–Crippen MR) is 94.2 cm³/mol. The number of rotatable bonds is 3. The van der Waals surface area contributed by atoms with Crippen LogP contribution >= 0.6 is 22.9 Å². The number of allylic oxidation sites excluding steroid dienone is 1. The van der Waals surface area contributed by atoms with Gasteiger partial charge in [-0.25, -0.2) is 8.42 Å². The van der Waals surface area contributed by atoms with Gasteiger partial charge in [-0.15, -0.1) is 11.3 Å². The van der Waals surface area contributed by atoms with Gasteiger partial charge >= 0.3 is 0 Å².